The Morgan fingerprint density at radius 3 is 2.33 bits per heavy atom. The van der Waals surface area contributed by atoms with Crippen LogP contribution in [-0.4, -0.2) is 77.6 Å². The van der Waals surface area contributed by atoms with E-state index in [9.17, 15) is 23.2 Å². The molecule has 2 atom stereocenters. The van der Waals surface area contributed by atoms with E-state index in [2.05, 4.69) is 11.9 Å². The van der Waals surface area contributed by atoms with E-state index in [1.54, 1.807) is 54.3 Å². The van der Waals surface area contributed by atoms with Gasteiger partial charge in [-0.3, -0.25) is 14.6 Å². The molecule has 43 heavy (non-hydrogen) atoms. The normalized spacial score (nSPS) is 18.4. The molecule has 2 aliphatic heterocycles. The van der Waals surface area contributed by atoms with E-state index in [1.807, 2.05) is 36.4 Å². The lowest BCUT2D eigenvalue weighted by Crippen LogP contribution is -2.62. The standard InChI is InChI=1S/C32H34F2N6O3/c1-4-15-38(32(43)35-18-22-11-7-5-8-12-22)39-21-29(41)40-28(39)20-37(31(42)30(40)23-13-9-6-10-14-23)19-24-16-25(33)26(34)17-27(24)36(2)3/h4-14,16-17,28,30H,1,15,18-21H2,2-3H3,(H,35,43)/t28-,30+/m1/s1. The lowest BCUT2D eigenvalue weighted by atomic mass is 9.99. The molecule has 4 amide bonds. The minimum Gasteiger partial charge on any atom is -0.377 e. The number of piperazine rings is 1. The van der Waals surface area contributed by atoms with Gasteiger partial charge in [0.05, 0.1) is 19.6 Å². The zero-order valence-electron chi connectivity index (χ0n) is 24.1. The van der Waals surface area contributed by atoms with Gasteiger partial charge < -0.3 is 20.0 Å². The van der Waals surface area contributed by atoms with Crippen molar-refractivity contribution in [2.24, 2.45) is 0 Å². The number of carbonyl (C=O) groups excluding carboxylic acids is 3. The maximum atomic E-state index is 14.4. The summed E-state index contributed by atoms with van der Waals surface area (Å²) in [6.07, 6.45) is 0.867. The Morgan fingerprint density at radius 2 is 1.67 bits per heavy atom. The maximum absolute atomic E-state index is 14.4. The molecule has 0 spiro atoms. The molecule has 0 unspecified atom stereocenters. The Kier molecular flexibility index (Phi) is 8.72. The third kappa shape index (κ3) is 6.07. The number of fused-ring (bicyclic) bond motifs is 1. The molecule has 0 bridgehead atoms. The Hall–Kier alpha value is -4.77. The molecule has 0 aliphatic carbocycles. The molecular formula is C32H34F2N6O3. The van der Waals surface area contributed by atoms with Crippen LogP contribution >= 0.6 is 0 Å². The van der Waals surface area contributed by atoms with E-state index < -0.39 is 29.9 Å². The number of nitrogens with one attached hydrogen (secondary N) is 1. The molecule has 224 valence electrons. The first-order chi connectivity index (χ1) is 20.7. The van der Waals surface area contributed by atoms with Crippen LogP contribution in [0, 0.1) is 11.6 Å². The summed E-state index contributed by atoms with van der Waals surface area (Å²) in [6.45, 7) is 4.09. The number of hydrazine groups is 1. The SMILES string of the molecule is C=CCN(C(=O)NCc1ccccc1)N1CC(=O)N2[C@@H](c3ccccc3)C(=O)N(Cc3cc(F)c(F)cc3N(C)C)C[C@@H]21. The predicted molar refractivity (Wildman–Crippen MR) is 158 cm³/mol. The molecule has 2 aliphatic rings. The highest BCUT2D eigenvalue weighted by molar-refractivity contribution is 5.92. The van der Waals surface area contributed by atoms with Gasteiger partial charge in [-0.25, -0.2) is 13.6 Å². The zero-order chi connectivity index (χ0) is 30.7. The summed E-state index contributed by atoms with van der Waals surface area (Å²) < 4.78 is 28.6. The largest absolute Gasteiger partial charge is 0.377 e. The zero-order valence-corrected chi connectivity index (χ0v) is 24.1. The van der Waals surface area contributed by atoms with Crippen LogP contribution in [0.3, 0.4) is 0 Å². The van der Waals surface area contributed by atoms with Gasteiger partial charge in [-0.1, -0.05) is 66.7 Å². The third-order valence-corrected chi connectivity index (χ3v) is 7.67. The number of rotatable bonds is 9. The first-order valence-corrected chi connectivity index (χ1v) is 14.0. The quantitative estimate of drug-likeness (QED) is 0.384. The number of carbonyl (C=O) groups is 3. The summed E-state index contributed by atoms with van der Waals surface area (Å²) >= 11 is 0. The monoisotopic (exact) mass is 588 g/mol. The van der Waals surface area contributed by atoms with Crippen LogP contribution in [0.2, 0.25) is 0 Å². The van der Waals surface area contributed by atoms with Crippen LogP contribution in [0.15, 0.2) is 85.5 Å². The van der Waals surface area contributed by atoms with Crippen molar-refractivity contribution in [3.63, 3.8) is 0 Å². The highest BCUT2D eigenvalue weighted by atomic mass is 19.2. The Labute approximate surface area is 249 Å². The second-order valence-corrected chi connectivity index (χ2v) is 10.7. The van der Waals surface area contributed by atoms with Gasteiger partial charge in [0.15, 0.2) is 11.6 Å². The van der Waals surface area contributed by atoms with E-state index in [0.717, 1.165) is 17.7 Å². The van der Waals surface area contributed by atoms with Crippen molar-refractivity contribution >= 4 is 23.5 Å². The molecule has 0 aromatic heterocycles. The van der Waals surface area contributed by atoms with Crippen LogP contribution < -0.4 is 10.2 Å². The fraction of sp³-hybridized carbons (Fsp3) is 0.281. The highest BCUT2D eigenvalue weighted by Gasteiger charge is 2.52. The number of benzene rings is 3. The Balaban J connectivity index is 1.49. The molecule has 3 aromatic carbocycles. The topological polar surface area (TPSA) is 79.4 Å². The van der Waals surface area contributed by atoms with E-state index >= 15 is 0 Å². The fourth-order valence-corrected chi connectivity index (χ4v) is 5.66. The Bertz CT molecular complexity index is 1500. The summed E-state index contributed by atoms with van der Waals surface area (Å²) in [5, 5.41) is 5.99. The maximum Gasteiger partial charge on any atom is 0.332 e. The van der Waals surface area contributed by atoms with Crippen molar-refractivity contribution in [2.45, 2.75) is 25.3 Å². The lowest BCUT2D eigenvalue weighted by Gasteiger charge is -2.46. The van der Waals surface area contributed by atoms with Crippen LogP contribution in [0.5, 0.6) is 0 Å². The smallest absolute Gasteiger partial charge is 0.332 e. The summed E-state index contributed by atoms with van der Waals surface area (Å²) in [4.78, 5) is 45.8. The number of hydrogen-bond donors (Lipinski definition) is 1. The highest BCUT2D eigenvalue weighted by Crippen LogP contribution is 2.37. The van der Waals surface area contributed by atoms with Crippen molar-refractivity contribution in [2.75, 3.05) is 38.6 Å². The summed E-state index contributed by atoms with van der Waals surface area (Å²) in [7, 11) is 3.42. The molecule has 2 fully saturated rings. The molecule has 9 nitrogen and oxygen atoms in total. The van der Waals surface area contributed by atoms with Crippen molar-refractivity contribution in [1.29, 1.82) is 0 Å². The second kappa shape index (κ2) is 12.6. The van der Waals surface area contributed by atoms with E-state index in [4.69, 9.17) is 0 Å². The molecule has 3 aromatic rings. The van der Waals surface area contributed by atoms with E-state index in [1.165, 1.54) is 14.8 Å². The molecular weight excluding hydrogens is 554 g/mol. The van der Waals surface area contributed by atoms with Crippen LogP contribution in [-0.2, 0) is 22.7 Å². The number of halogens is 2. The molecule has 2 heterocycles. The number of nitrogens with zero attached hydrogens (tertiary/aromatic N) is 5. The molecule has 1 N–H and O–H groups in total. The fourth-order valence-electron chi connectivity index (χ4n) is 5.66. The van der Waals surface area contributed by atoms with Gasteiger partial charge in [-0.15, -0.1) is 6.58 Å². The molecule has 0 radical (unpaired) electrons. The van der Waals surface area contributed by atoms with E-state index in [-0.39, 0.29) is 44.5 Å². The van der Waals surface area contributed by atoms with Gasteiger partial charge in [0.2, 0.25) is 5.91 Å². The average molecular weight is 589 g/mol. The van der Waals surface area contributed by atoms with Gasteiger partial charge in [0.25, 0.3) is 5.91 Å². The predicted octanol–water partition coefficient (Wildman–Crippen LogP) is 3.90. The van der Waals surface area contributed by atoms with Gasteiger partial charge in [0, 0.05) is 38.9 Å². The van der Waals surface area contributed by atoms with Crippen LogP contribution in [0.1, 0.15) is 22.7 Å². The molecule has 0 saturated carbocycles. The summed E-state index contributed by atoms with van der Waals surface area (Å²) in [5.74, 6) is -2.66. The van der Waals surface area contributed by atoms with Crippen LogP contribution in [0.25, 0.3) is 0 Å². The van der Waals surface area contributed by atoms with Gasteiger partial charge in [-0.05, 0) is 22.8 Å². The van der Waals surface area contributed by atoms with Gasteiger partial charge in [0.1, 0.15) is 12.2 Å². The summed E-state index contributed by atoms with van der Waals surface area (Å²) in [5.41, 5.74) is 2.37. The first-order valence-electron chi connectivity index (χ1n) is 14.0. The number of urea groups is 1. The van der Waals surface area contributed by atoms with E-state index in [0.29, 0.717) is 16.8 Å². The second-order valence-electron chi connectivity index (χ2n) is 10.7. The molecule has 2 saturated heterocycles. The average Bonchev–Trinajstić information content (AvgIpc) is 3.32. The summed E-state index contributed by atoms with van der Waals surface area (Å²) in [6, 6.07) is 19.2. The first kappa shape index (κ1) is 29.7. The minimum absolute atomic E-state index is 0.0269. The number of anilines is 1. The molecule has 5 rings (SSSR count). The third-order valence-electron chi connectivity index (χ3n) is 7.67. The van der Waals surface area contributed by atoms with Gasteiger partial charge >= 0.3 is 6.03 Å². The van der Waals surface area contributed by atoms with Crippen molar-refractivity contribution in [3.05, 3.63) is 114 Å². The molecule has 11 heteroatoms. The van der Waals surface area contributed by atoms with Crippen molar-refractivity contribution in [3.8, 4) is 0 Å². The lowest BCUT2D eigenvalue weighted by molar-refractivity contribution is -0.158. The van der Waals surface area contributed by atoms with Gasteiger partial charge in [-0.2, -0.15) is 5.01 Å². The van der Waals surface area contributed by atoms with Crippen molar-refractivity contribution in [1.82, 2.24) is 25.1 Å². The number of hydrogen-bond acceptors (Lipinski definition) is 5. The van der Waals surface area contributed by atoms with Crippen molar-refractivity contribution < 1.29 is 23.2 Å². The van der Waals surface area contributed by atoms with Crippen LogP contribution in [0.4, 0.5) is 19.3 Å². The minimum atomic E-state index is -1.02. The number of amides is 4. The Morgan fingerprint density at radius 1 is 1.02 bits per heavy atom.